The smallest absolute Gasteiger partial charge is 0.339 e. The van der Waals surface area contributed by atoms with Gasteiger partial charge in [-0.3, -0.25) is 4.98 Å². The molecule has 27 heavy (non-hydrogen) atoms. The predicted molar refractivity (Wildman–Crippen MR) is 99.3 cm³/mol. The van der Waals surface area contributed by atoms with Gasteiger partial charge < -0.3 is 14.2 Å². The molecule has 1 fully saturated rings. The van der Waals surface area contributed by atoms with Gasteiger partial charge in [0.1, 0.15) is 0 Å². The summed E-state index contributed by atoms with van der Waals surface area (Å²) < 4.78 is 10.2. The molecule has 7 heteroatoms. The fraction of sp³-hybridized carbons (Fsp3) is 0.300. The van der Waals surface area contributed by atoms with E-state index in [-0.39, 0.29) is 5.97 Å². The number of carbonyl (C=O) groups excluding carboxylic acids is 1. The van der Waals surface area contributed by atoms with Crippen LogP contribution in [0, 0.1) is 5.92 Å². The first-order chi connectivity index (χ1) is 13.2. The molecular formula is C20H20N4O3. The van der Waals surface area contributed by atoms with Gasteiger partial charge in [0, 0.05) is 31.0 Å². The maximum absolute atomic E-state index is 11.7. The first-order valence-corrected chi connectivity index (χ1v) is 8.89. The van der Waals surface area contributed by atoms with Crippen molar-refractivity contribution in [2.75, 3.05) is 25.1 Å². The van der Waals surface area contributed by atoms with E-state index >= 15 is 0 Å². The molecule has 7 nitrogen and oxygen atoms in total. The number of ether oxygens (including phenoxy) is 1. The van der Waals surface area contributed by atoms with Crippen LogP contribution >= 0.6 is 0 Å². The van der Waals surface area contributed by atoms with Gasteiger partial charge in [-0.1, -0.05) is 35.5 Å². The standard InChI is InChI=1S/C20H20N4O3/c1-26-19(25)17-10-15(11-21-12-17)9-14-7-8-24(13-14)20-22-18(23-27-20)16-5-3-2-4-6-16/h2-6,10-12,14H,7-9,13H2,1H3. The SMILES string of the molecule is COC(=O)c1cncc(CC2CCN(c3nc(-c4ccccc4)no3)C2)c1. The van der Waals surface area contributed by atoms with Crippen LogP contribution in [0.3, 0.4) is 0 Å². The molecule has 1 aliphatic rings. The molecule has 2 aromatic heterocycles. The van der Waals surface area contributed by atoms with Gasteiger partial charge in [0.05, 0.1) is 12.7 Å². The van der Waals surface area contributed by atoms with Gasteiger partial charge in [0.2, 0.25) is 5.82 Å². The molecule has 0 N–H and O–H groups in total. The highest BCUT2D eigenvalue weighted by Crippen LogP contribution is 2.27. The summed E-state index contributed by atoms with van der Waals surface area (Å²) in [5, 5.41) is 4.09. The van der Waals surface area contributed by atoms with E-state index in [0.717, 1.165) is 37.1 Å². The summed E-state index contributed by atoms with van der Waals surface area (Å²) in [7, 11) is 1.37. The molecule has 0 amide bonds. The number of pyridine rings is 1. The van der Waals surface area contributed by atoms with E-state index < -0.39 is 0 Å². The molecule has 4 rings (SSSR count). The minimum Gasteiger partial charge on any atom is -0.465 e. The van der Waals surface area contributed by atoms with Crippen molar-refractivity contribution < 1.29 is 14.1 Å². The Kier molecular flexibility index (Phi) is 4.82. The predicted octanol–water partition coefficient (Wildman–Crippen LogP) is 2.99. The third kappa shape index (κ3) is 3.81. The molecule has 1 aliphatic heterocycles. The first kappa shape index (κ1) is 17.2. The summed E-state index contributed by atoms with van der Waals surface area (Å²) in [6.45, 7) is 1.70. The Bertz CT molecular complexity index is 926. The average molecular weight is 364 g/mol. The Morgan fingerprint density at radius 3 is 2.96 bits per heavy atom. The second kappa shape index (κ2) is 7.57. The maximum Gasteiger partial charge on any atom is 0.339 e. The van der Waals surface area contributed by atoms with Crippen molar-refractivity contribution >= 4 is 12.0 Å². The van der Waals surface area contributed by atoms with Crippen molar-refractivity contribution in [2.45, 2.75) is 12.8 Å². The van der Waals surface area contributed by atoms with Crippen LogP contribution in [0.4, 0.5) is 6.01 Å². The summed E-state index contributed by atoms with van der Waals surface area (Å²) >= 11 is 0. The molecule has 1 saturated heterocycles. The number of carbonyl (C=O) groups is 1. The number of benzene rings is 1. The minimum atomic E-state index is -0.364. The Morgan fingerprint density at radius 2 is 2.15 bits per heavy atom. The number of methoxy groups -OCH3 is 1. The van der Waals surface area contributed by atoms with Crippen molar-refractivity contribution in [3.05, 3.63) is 59.9 Å². The highest BCUT2D eigenvalue weighted by atomic mass is 16.5. The molecule has 138 valence electrons. The average Bonchev–Trinajstić information content (AvgIpc) is 3.38. The molecule has 3 aromatic rings. The van der Waals surface area contributed by atoms with Gasteiger partial charge in [-0.25, -0.2) is 4.79 Å². The number of hydrogen-bond acceptors (Lipinski definition) is 7. The van der Waals surface area contributed by atoms with E-state index in [1.165, 1.54) is 13.3 Å². The topological polar surface area (TPSA) is 81.4 Å². The number of esters is 1. The van der Waals surface area contributed by atoms with Crippen molar-refractivity contribution in [2.24, 2.45) is 5.92 Å². The van der Waals surface area contributed by atoms with Gasteiger partial charge in [-0.15, -0.1) is 0 Å². The number of anilines is 1. The van der Waals surface area contributed by atoms with Crippen molar-refractivity contribution in [1.29, 1.82) is 0 Å². The summed E-state index contributed by atoms with van der Waals surface area (Å²) in [5.41, 5.74) is 2.45. The van der Waals surface area contributed by atoms with Crippen molar-refractivity contribution in [3.63, 3.8) is 0 Å². The fourth-order valence-corrected chi connectivity index (χ4v) is 3.38. The van der Waals surface area contributed by atoms with E-state index in [1.54, 1.807) is 6.20 Å². The molecule has 1 atom stereocenters. The molecule has 0 aliphatic carbocycles. The van der Waals surface area contributed by atoms with Crippen LogP contribution in [-0.4, -0.2) is 41.3 Å². The Labute approximate surface area is 157 Å². The van der Waals surface area contributed by atoms with Crippen LogP contribution in [-0.2, 0) is 11.2 Å². The van der Waals surface area contributed by atoms with Crippen LogP contribution in [0.25, 0.3) is 11.4 Å². The van der Waals surface area contributed by atoms with Gasteiger partial charge in [-0.05, 0) is 30.4 Å². The summed E-state index contributed by atoms with van der Waals surface area (Å²) in [5.74, 6) is 0.674. The molecule has 0 spiro atoms. The number of hydrogen-bond donors (Lipinski definition) is 0. The van der Waals surface area contributed by atoms with E-state index in [0.29, 0.717) is 23.3 Å². The highest BCUT2D eigenvalue weighted by molar-refractivity contribution is 5.89. The molecular weight excluding hydrogens is 344 g/mol. The Morgan fingerprint density at radius 1 is 1.30 bits per heavy atom. The van der Waals surface area contributed by atoms with Crippen LogP contribution in [0.15, 0.2) is 53.3 Å². The molecule has 1 unspecified atom stereocenters. The Balaban J connectivity index is 1.41. The lowest BCUT2D eigenvalue weighted by atomic mass is 9.99. The zero-order chi connectivity index (χ0) is 18.6. The lowest BCUT2D eigenvalue weighted by Gasteiger charge is -2.13. The van der Waals surface area contributed by atoms with Gasteiger partial charge in [0.15, 0.2) is 0 Å². The third-order valence-electron chi connectivity index (χ3n) is 4.74. The van der Waals surface area contributed by atoms with Crippen LogP contribution in [0.5, 0.6) is 0 Å². The zero-order valence-electron chi connectivity index (χ0n) is 15.0. The monoisotopic (exact) mass is 364 g/mol. The maximum atomic E-state index is 11.7. The van der Waals surface area contributed by atoms with Crippen LogP contribution in [0.1, 0.15) is 22.3 Å². The fourth-order valence-electron chi connectivity index (χ4n) is 3.38. The van der Waals surface area contributed by atoms with Crippen molar-refractivity contribution in [1.82, 2.24) is 15.1 Å². The number of aromatic nitrogens is 3. The molecule has 3 heterocycles. The number of rotatable bonds is 5. The molecule has 1 aromatic carbocycles. The second-order valence-electron chi connectivity index (χ2n) is 6.64. The summed E-state index contributed by atoms with van der Waals surface area (Å²) in [4.78, 5) is 22.5. The molecule has 0 saturated carbocycles. The highest BCUT2D eigenvalue weighted by Gasteiger charge is 2.27. The minimum absolute atomic E-state index is 0.364. The van der Waals surface area contributed by atoms with Gasteiger partial charge in [-0.2, -0.15) is 4.98 Å². The molecule has 0 radical (unpaired) electrons. The van der Waals surface area contributed by atoms with Crippen LogP contribution < -0.4 is 4.90 Å². The Hall–Kier alpha value is -3.22. The molecule has 0 bridgehead atoms. The van der Waals surface area contributed by atoms with Crippen LogP contribution in [0.2, 0.25) is 0 Å². The lowest BCUT2D eigenvalue weighted by molar-refractivity contribution is 0.0600. The van der Waals surface area contributed by atoms with E-state index in [4.69, 9.17) is 9.26 Å². The zero-order valence-corrected chi connectivity index (χ0v) is 15.0. The summed E-state index contributed by atoms with van der Waals surface area (Å²) in [6, 6.07) is 12.2. The van der Waals surface area contributed by atoms with E-state index in [9.17, 15) is 4.79 Å². The largest absolute Gasteiger partial charge is 0.465 e. The first-order valence-electron chi connectivity index (χ1n) is 8.89. The normalized spacial score (nSPS) is 16.5. The quantitative estimate of drug-likeness (QED) is 0.644. The van der Waals surface area contributed by atoms with Gasteiger partial charge >= 0.3 is 12.0 Å². The third-order valence-corrected chi connectivity index (χ3v) is 4.74. The van der Waals surface area contributed by atoms with E-state index in [1.807, 2.05) is 36.4 Å². The van der Waals surface area contributed by atoms with E-state index in [2.05, 4.69) is 20.0 Å². The van der Waals surface area contributed by atoms with Crippen molar-refractivity contribution in [3.8, 4) is 11.4 Å². The summed E-state index contributed by atoms with van der Waals surface area (Å²) in [6.07, 6.45) is 5.19. The van der Waals surface area contributed by atoms with Gasteiger partial charge in [0.25, 0.3) is 0 Å². The number of nitrogens with zero attached hydrogens (tertiary/aromatic N) is 4. The lowest BCUT2D eigenvalue weighted by Crippen LogP contribution is -2.20. The second-order valence-corrected chi connectivity index (χ2v) is 6.64.